The molecule has 0 amide bonds. The summed E-state index contributed by atoms with van der Waals surface area (Å²) in [5.41, 5.74) is 4.91. The second-order valence-corrected chi connectivity index (χ2v) is 7.77. The summed E-state index contributed by atoms with van der Waals surface area (Å²) in [5, 5.41) is 1.81. The van der Waals surface area contributed by atoms with Gasteiger partial charge < -0.3 is 9.55 Å². The second kappa shape index (κ2) is 7.40. The Morgan fingerprint density at radius 2 is 1.88 bits per heavy atom. The topological polar surface area (TPSA) is 85.2 Å². The summed E-state index contributed by atoms with van der Waals surface area (Å²) in [6.45, 7) is 1.26. The molecule has 9 heteroatoms. The highest BCUT2D eigenvalue weighted by Crippen LogP contribution is 2.29. The fourth-order valence-electron chi connectivity index (χ4n) is 4.09. The Hall–Kier alpha value is -4.27. The van der Waals surface area contributed by atoms with E-state index in [1.54, 1.807) is 25.4 Å². The van der Waals surface area contributed by atoms with E-state index in [1.165, 1.54) is 4.57 Å². The van der Waals surface area contributed by atoms with Gasteiger partial charge in [-0.15, -0.1) is 0 Å². The van der Waals surface area contributed by atoms with Crippen molar-refractivity contribution in [3.63, 3.8) is 0 Å². The smallest absolute Gasteiger partial charge is 0.256 e. The van der Waals surface area contributed by atoms with Gasteiger partial charge in [0.05, 0.1) is 17.8 Å². The van der Waals surface area contributed by atoms with Gasteiger partial charge in [-0.05, 0) is 43.3 Å². The van der Waals surface area contributed by atoms with Crippen LogP contribution in [0.25, 0.3) is 55.7 Å². The molecule has 0 unspecified atom stereocenters. The molecule has 0 aliphatic rings. The van der Waals surface area contributed by atoms with Crippen molar-refractivity contribution in [3.05, 3.63) is 66.9 Å². The highest BCUT2D eigenvalue weighted by atomic mass is 19.3. The highest BCUT2D eigenvalue weighted by molar-refractivity contribution is 5.94. The molecule has 0 saturated heterocycles. The molecule has 5 heterocycles. The average Bonchev–Trinajstić information content (AvgIpc) is 3.38. The van der Waals surface area contributed by atoms with E-state index in [0.717, 1.165) is 27.4 Å². The number of aromatic amines is 1. The third-order valence-corrected chi connectivity index (χ3v) is 5.67. The van der Waals surface area contributed by atoms with E-state index in [4.69, 9.17) is 4.98 Å². The van der Waals surface area contributed by atoms with Crippen molar-refractivity contribution in [1.29, 1.82) is 0 Å². The number of pyridine rings is 2. The van der Waals surface area contributed by atoms with Crippen molar-refractivity contribution < 1.29 is 8.78 Å². The minimum absolute atomic E-state index is 0.432. The van der Waals surface area contributed by atoms with Crippen LogP contribution >= 0.6 is 0 Å². The zero-order valence-electron chi connectivity index (χ0n) is 17.5. The van der Waals surface area contributed by atoms with Crippen LogP contribution in [0.4, 0.5) is 8.78 Å². The van der Waals surface area contributed by atoms with Gasteiger partial charge in [0.25, 0.3) is 6.43 Å². The van der Waals surface area contributed by atoms with Crippen LogP contribution < -0.4 is 0 Å². The lowest BCUT2D eigenvalue weighted by atomic mass is 10.1. The van der Waals surface area contributed by atoms with Gasteiger partial charge >= 0.3 is 0 Å². The number of fused-ring (bicyclic) bond motifs is 3. The summed E-state index contributed by atoms with van der Waals surface area (Å²) in [6, 6.07) is 13.4. The molecule has 0 bridgehead atoms. The summed E-state index contributed by atoms with van der Waals surface area (Å²) in [7, 11) is 0. The van der Waals surface area contributed by atoms with E-state index in [1.807, 2.05) is 42.6 Å². The van der Waals surface area contributed by atoms with Gasteiger partial charge in [-0.1, -0.05) is 6.07 Å². The van der Waals surface area contributed by atoms with Crippen molar-refractivity contribution in [2.45, 2.75) is 19.9 Å². The second-order valence-electron chi connectivity index (χ2n) is 7.77. The largest absolute Gasteiger partial charge is 0.345 e. The van der Waals surface area contributed by atoms with E-state index >= 15 is 0 Å². The Morgan fingerprint density at radius 1 is 1.00 bits per heavy atom. The number of nitrogens with zero attached hydrogens (tertiary/aromatic N) is 6. The first-order valence-electron chi connectivity index (χ1n) is 10.4. The number of alkyl halides is 2. The first-order valence-corrected chi connectivity index (χ1v) is 10.4. The van der Waals surface area contributed by atoms with Crippen LogP contribution in [0, 0.1) is 6.92 Å². The van der Waals surface area contributed by atoms with Crippen molar-refractivity contribution in [2.24, 2.45) is 0 Å². The molecule has 0 aliphatic heterocycles. The van der Waals surface area contributed by atoms with E-state index in [9.17, 15) is 8.78 Å². The van der Waals surface area contributed by atoms with Gasteiger partial charge in [0, 0.05) is 40.5 Å². The molecule has 162 valence electrons. The molecule has 5 aromatic heterocycles. The van der Waals surface area contributed by atoms with Crippen LogP contribution in [-0.2, 0) is 6.54 Å². The molecule has 7 nitrogen and oxygen atoms in total. The molecular weight excluding hydrogens is 424 g/mol. The number of hydrogen-bond donors (Lipinski definition) is 1. The van der Waals surface area contributed by atoms with E-state index in [-0.39, 0.29) is 0 Å². The summed E-state index contributed by atoms with van der Waals surface area (Å²) in [4.78, 5) is 25.8. The van der Waals surface area contributed by atoms with E-state index in [0.29, 0.717) is 34.2 Å². The lowest BCUT2D eigenvalue weighted by Crippen LogP contribution is -2.08. The van der Waals surface area contributed by atoms with Gasteiger partial charge in [-0.3, -0.25) is 4.98 Å². The molecule has 6 rings (SSSR count). The SMILES string of the molecule is Cc1nc2ccc(-c3c[nH]c4nc(-c5ccc6ncccc6c5)ncc34)nc2n1CC(F)F. The number of rotatable bonds is 4. The number of benzene rings is 1. The van der Waals surface area contributed by atoms with E-state index < -0.39 is 13.0 Å². The molecule has 0 fully saturated rings. The molecule has 0 atom stereocenters. The number of H-pyrrole nitrogens is 1. The first kappa shape index (κ1) is 19.4. The van der Waals surface area contributed by atoms with E-state index in [2.05, 4.69) is 24.9 Å². The maximum absolute atomic E-state index is 13.1. The van der Waals surface area contributed by atoms with Crippen LogP contribution in [0.15, 0.2) is 61.1 Å². The standard InChI is InChI=1S/C24H17F2N7/c1-13-30-20-7-6-19(31-24(20)33(13)12-21(25)26)16-10-29-23-17(16)11-28-22(32-23)15-4-5-18-14(9-15)3-2-8-27-18/h2-11,21H,12H2,1H3,(H,28,29,32). The molecule has 33 heavy (non-hydrogen) atoms. The van der Waals surface area contributed by atoms with Gasteiger partial charge in [-0.25, -0.2) is 28.7 Å². The van der Waals surface area contributed by atoms with Crippen molar-refractivity contribution in [3.8, 4) is 22.6 Å². The Labute approximate surface area is 186 Å². The zero-order valence-corrected chi connectivity index (χ0v) is 17.5. The molecule has 0 aliphatic carbocycles. The van der Waals surface area contributed by atoms with Crippen molar-refractivity contribution >= 4 is 33.1 Å². The van der Waals surface area contributed by atoms with Crippen LogP contribution in [0.5, 0.6) is 0 Å². The van der Waals surface area contributed by atoms with Crippen molar-refractivity contribution in [2.75, 3.05) is 0 Å². The van der Waals surface area contributed by atoms with Crippen LogP contribution in [0.2, 0.25) is 0 Å². The van der Waals surface area contributed by atoms with Crippen LogP contribution in [-0.4, -0.2) is 40.9 Å². The average molecular weight is 441 g/mol. The molecule has 0 radical (unpaired) electrons. The third kappa shape index (κ3) is 3.29. The number of imidazole rings is 1. The lowest BCUT2D eigenvalue weighted by Gasteiger charge is -2.06. The number of nitrogens with one attached hydrogen (secondary N) is 1. The number of aromatic nitrogens is 7. The molecule has 1 aromatic carbocycles. The van der Waals surface area contributed by atoms with Crippen LogP contribution in [0.3, 0.4) is 0 Å². The fraction of sp³-hybridized carbons (Fsp3) is 0.125. The number of hydrogen-bond acceptors (Lipinski definition) is 5. The summed E-state index contributed by atoms with van der Waals surface area (Å²) >= 11 is 0. The predicted molar refractivity (Wildman–Crippen MR) is 122 cm³/mol. The molecule has 0 saturated carbocycles. The lowest BCUT2D eigenvalue weighted by molar-refractivity contribution is 0.127. The highest BCUT2D eigenvalue weighted by Gasteiger charge is 2.16. The predicted octanol–water partition coefficient (Wildman–Crippen LogP) is 5.16. The molecular formula is C24H17F2N7. The Bertz CT molecular complexity index is 1650. The van der Waals surface area contributed by atoms with Crippen molar-refractivity contribution in [1.82, 2.24) is 34.5 Å². The minimum atomic E-state index is -2.49. The quantitative estimate of drug-likeness (QED) is 0.409. The summed E-state index contributed by atoms with van der Waals surface area (Å²) < 4.78 is 27.5. The maximum Gasteiger partial charge on any atom is 0.256 e. The summed E-state index contributed by atoms with van der Waals surface area (Å²) in [6.07, 6.45) is 2.84. The van der Waals surface area contributed by atoms with Gasteiger partial charge in [-0.2, -0.15) is 0 Å². The third-order valence-electron chi connectivity index (χ3n) is 5.67. The minimum Gasteiger partial charge on any atom is -0.345 e. The van der Waals surface area contributed by atoms with Gasteiger partial charge in [0.2, 0.25) is 0 Å². The maximum atomic E-state index is 13.1. The zero-order chi connectivity index (χ0) is 22.5. The Morgan fingerprint density at radius 3 is 2.76 bits per heavy atom. The Balaban J connectivity index is 1.43. The first-order chi connectivity index (χ1) is 16.1. The monoisotopic (exact) mass is 441 g/mol. The normalized spacial score (nSPS) is 11.9. The molecule has 6 aromatic rings. The summed E-state index contributed by atoms with van der Waals surface area (Å²) in [5.74, 6) is 1.10. The number of aryl methyl sites for hydroxylation is 1. The van der Waals surface area contributed by atoms with Gasteiger partial charge in [0.15, 0.2) is 11.5 Å². The van der Waals surface area contributed by atoms with Crippen LogP contribution in [0.1, 0.15) is 5.82 Å². The Kier molecular flexibility index (Phi) is 4.36. The number of halogens is 2. The molecule has 0 spiro atoms. The fourth-order valence-corrected chi connectivity index (χ4v) is 4.09. The van der Waals surface area contributed by atoms with Gasteiger partial charge in [0.1, 0.15) is 17.0 Å². The molecule has 1 N–H and O–H groups in total.